The molecule has 1 fully saturated rings. The predicted octanol–water partition coefficient (Wildman–Crippen LogP) is 0.356. The van der Waals surface area contributed by atoms with E-state index in [2.05, 4.69) is 4.98 Å². The van der Waals surface area contributed by atoms with Crippen LogP contribution < -0.4 is 0 Å². The zero-order chi connectivity index (χ0) is 16.4. The van der Waals surface area contributed by atoms with Crippen molar-refractivity contribution in [1.82, 2.24) is 9.88 Å². The van der Waals surface area contributed by atoms with Crippen molar-refractivity contribution in [3.8, 4) is 0 Å². The Morgan fingerprint density at radius 2 is 2.09 bits per heavy atom. The van der Waals surface area contributed by atoms with Crippen molar-refractivity contribution in [2.45, 2.75) is 24.7 Å². The first-order valence-corrected chi connectivity index (χ1v) is 7.60. The van der Waals surface area contributed by atoms with Crippen LogP contribution in [0.5, 0.6) is 0 Å². The molecule has 0 bridgehead atoms. The van der Waals surface area contributed by atoms with Gasteiger partial charge >= 0.3 is 0 Å². The monoisotopic (exact) mass is 316 g/mol. The van der Waals surface area contributed by atoms with Crippen LogP contribution in [0.2, 0.25) is 0 Å². The summed E-state index contributed by atoms with van der Waals surface area (Å²) in [4.78, 5) is 18.4. The normalized spacial score (nSPS) is 24.6. The minimum atomic E-state index is -0.997. The number of rotatable bonds is 3. The number of aromatic nitrogens is 1. The number of benzene rings is 1. The van der Waals surface area contributed by atoms with Gasteiger partial charge in [0.25, 0.3) is 0 Å². The summed E-state index contributed by atoms with van der Waals surface area (Å²) in [6.45, 7) is 0.307. The van der Waals surface area contributed by atoms with E-state index in [1.165, 1.54) is 4.90 Å². The number of ether oxygens (including phenoxy) is 1. The van der Waals surface area contributed by atoms with Gasteiger partial charge in [-0.3, -0.25) is 9.78 Å². The Balaban J connectivity index is 1.78. The largest absolute Gasteiger partial charge is 0.388 e. The van der Waals surface area contributed by atoms with E-state index in [9.17, 15) is 15.0 Å². The maximum absolute atomic E-state index is 12.6. The number of aliphatic hydroxyl groups is 2. The molecule has 6 nitrogen and oxygen atoms in total. The molecule has 0 radical (unpaired) electrons. The molecule has 1 aromatic heterocycles. The molecule has 3 atom stereocenters. The van der Waals surface area contributed by atoms with E-state index >= 15 is 0 Å². The summed E-state index contributed by atoms with van der Waals surface area (Å²) in [6, 6.07) is 8.99. The molecule has 0 saturated carbocycles. The third kappa shape index (κ3) is 3.19. The number of aliphatic hydroxyl groups excluding tert-OH is 2. The zero-order valence-electron chi connectivity index (χ0n) is 12.9. The van der Waals surface area contributed by atoms with Crippen molar-refractivity contribution in [1.29, 1.82) is 0 Å². The molecule has 23 heavy (non-hydrogen) atoms. The van der Waals surface area contributed by atoms with E-state index in [-0.39, 0.29) is 25.5 Å². The molecule has 1 aliphatic heterocycles. The number of amides is 1. The lowest BCUT2D eigenvalue weighted by Gasteiger charge is -2.37. The first kappa shape index (κ1) is 15.9. The lowest BCUT2D eigenvalue weighted by molar-refractivity contribution is -0.152. The Hall–Kier alpha value is -2.02. The quantitative estimate of drug-likeness (QED) is 0.854. The van der Waals surface area contributed by atoms with Gasteiger partial charge in [0.05, 0.1) is 31.2 Å². The van der Waals surface area contributed by atoms with Gasteiger partial charge in [-0.1, -0.05) is 24.3 Å². The highest BCUT2D eigenvalue weighted by Crippen LogP contribution is 2.19. The molecule has 3 rings (SSSR count). The first-order chi connectivity index (χ1) is 11.1. The van der Waals surface area contributed by atoms with Crippen molar-refractivity contribution in [2.24, 2.45) is 0 Å². The molecule has 2 N–H and O–H groups in total. The van der Waals surface area contributed by atoms with E-state index in [1.54, 1.807) is 13.2 Å². The van der Waals surface area contributed by atoms with Gasteiger partial charge < -0.3 is 19.8 Å². The van der Waals surface area contributed by atoms with Crippen molar-refractivity contribution in [3.05, 3.63) is 42.1 Å². The van der Waals surface area contributed by atoms with Crippen LogP contribution in [0, 0.1) is 0 Å². The Morgan fingerprint density at radius 1 is 1.30 bits per heavy atom. The average Bonchev–Trinajstić information content (AvgIpc) is 2.57. The van der Waals surface area contributed by atoms with E-state index in [4.69, 9.17) is 4.74 Å². The number of hydrogen-bond acceptors (Lipinski definition) is 5. The SMILES string of the molecule is CN(C(=O)Cc1cccc2cccnc12)[C@@H]1COC[C@@H](O)[C@H]1O. The van der Waals surface area contributed by atoms with Crippen molar-refractivity contribution < 1.29 is 19.7 Å². The second-order valence-electron chi connectivity index (χ2n) is 5.84. The van der Waals surface area contributed by atoms with E-state index in [0.29, 0.717) is 0 Å². The van der Waals surface area contributed by atoms with Gasteiger partial charge in [0.2, 0.25) is 5.91 Å². The van der Waals surface area contributed by atoms with Crippen LogP contribution in [0.15, 0.2) is 36.5 Å². The van der Waals surface area contributed by atoms with Crippen LogP contribution in [-0.2, 0) is 16.0 Å². The van der Waals surface area contributed by atoms with E-state index in [1.807, 2.05) is 30.3 Å². The zero-order valence-corrected chi connectivity index (χ0v) is 12.9. The summed E-state index contributed by atoms with van der Waals surface area (Å²) < 4.78 is 5.24. The lowest BCUT2D eigenvalue weighted by atomic mass is 10.0. The molecule has 122 valence electrons. The van der Waals surface area contributed by atoms with Crippen LogP contribution >= 0.6 is 0 Å². The maximum atomic E-state index is 12.6. The summed E-state index contributed by atoms with van der Waals surface area (Å²) in [5.41, 5.74) is 1.64. The number of carbonyl (C=O) groups excluding carboxylic acids is 1. The Bertz CT molecular complexity index is 701. The number of hydrogen-bond donors (Lipinski definition) is 2. The number of fused-ring (bicyclic) bond motifs is 1. The van der Waals surface area contributed by atoms with Crippen LogP contribution in [0.4, 0.5) is 0 Å². The molecule has 2 heterocycles. The first-order valence-electron chi connectivity index (χ1n) is 7.60. The van der Waals surface area contributed by atoms with Gasteiger partial charge in [0, 0.05) is 18.6 Å². The summed E-state index contributed by atoms with van der Waals surface area (Å²) in [5.74, 6) is -0.148. The average molecular weight is 316 g/mol. The molecule has 0 unspecified atom stereocenters. The summed E-state index contributed by atoms with van der Waals surface area (Å²) in [5, 5.41) is 20.7. The van der Waals surface area contributed by atoms with Crippen molar-refractivity contribution >= 4 is 16.8 Å². The number of pyridine rings is 1. The van der Waals surface area contributed by atoms with Gasteiger partial charge in [0.1, 0.15) is 12.2 Å². The fourth-order valence-corrected chi connectivity index (χ4v) is 2.89. The van der Waals surface area contributed by atoms with Crippen molar-refractivity contribution in [2.75, 3.05) is 20.3 Å². The number of carbonyl (C=O) groups is 1. The van der Waals surface area contributed by atoms with Crippen LogP contribution in [0.1, 0.15) is 5.56 Å². The second-order valence-corrected chi connectivity index (χ2v) is 5.84. The molecule has 1 aliphatic rings. The van der Waals surface area contributed by atoms with Crippen LogP contribution in [0.3, 0.4) is 0 Å². The van der Waals surface area contributed by atoms with Gasteiger partial charge in [-0.2, -0.15) is 0 Å². The smallest absolute Gasteiger partial charge is 0.227 e. The summed E-state index contributed by atoms with van der Waals surface area (Å²) >= 11 is 0. The highest BCUT2D eigenvalue weighted by Gasteiger charge is 2.35. The van der Waals surface area contributed by atoms with E-state index < -0.39 is 18.2 Å². The summed E-state index contributed by atoms with van der Waals surface area (Å²) in [7, 11) is 1.62. The standard InChI is InChI=1S/C17H20N2O4/c1-19(13-9-23-10-14(20)17(13)22)15(21)8-12-5-2-4-11-6-3-7-18-16(11)12/h2-7,13-14,17,20,22H,8-10H2,1H3/t13-,14-,17+/m1/s1. The lowest BCUT2D eigenvalue weighted by Crippen LogP contribution is -2.56. The van der Waals surface area contributed by atoms with Gasteiger partial charge in [-0.25, -0.2) is 0 Å². The third-order valence-corrected chi connectivity index (χ3v) is 4.31. The summed E-state index contributed by atoms with van der Waals surface area (Å²) in [6.07, 6.45) is -0.0780. The molecule has 0 aliphatic carbocycles. The third-order valence-electron chi connectivity index (χ3n) is 4.31. The minimum absolute atomic E-state index is 0.0902. The van der Waals surface area contributed by atoms with Crippen molar-refractivity contribution in [3.63, 3.8) is 0 Å². The van der Waals surface area contributed by atoms with Gasteiger partial charge in [0.15, 0.2) is 0 Å². The topological polar surface area (TPSA) is 82.9 Å². The fourth-order valence-electron chi connectivity index (χ4n) is 2.89. The predicted molar refractivity (Wildman–Crippen MR) is 84.8 cm³/mol. The molecule has 1 aromatic carbocycles. The minimum Gasteiger partial charge on any atom is -0.388 e. The molecule has 1 saturated heterocycles. The Kier molecular flexibility index (Phi) is 4.56. The molecule has 6 heteroatoms. The molecule has 1 amide bonds. The van der Waals surface area contributed by atoms with E-state index in [0.717, 1.165) is 16.5 Å². The molecule has 2 aromatic rings. The highest BCUT2D eigenvalue weighted by molar-refractivity contribution is 5.87. The second kappa shape index (κ2) is 6.62. The number of para-hydroxylation sites is 1. The molecular weight excluding hydrogens is 296 g/mol. The van der Waals surface area contributed by atoms with Crippen LogP contribution in [0.25, 0.3) is 10.9 Å². The molecular formula is C17H20N2O4. The fraction of sp³-hybridized carbons (Fsp3) is 0.412. The van der Waals surface area contributed by atoms with Crippen LogP contribution in [-0.4, -0.2) is 64.5 Å². The molecule has 0 spiro atoms. The van der Waals surface area contributed by atoms with Gasteiger partial charge in [-0.05, 0) is 11.6 Å². The maximum Gasteiger partial charge on any atom is 0.227 e. The Labute approximate surface area is 134 Å². The number of likely N-dealkylation sites (N-methyl/N-ethyl adjacent to an activating group) is 1. The van der Waals surface area contributed by atoms with Gasteiger partial charge in [-0.15, -0.1) is 0 Å². The Morgan fingerprint density at radius 3 is 2.91 bits per heavy atom. The highest BCUT2D eigenvalue weighted by atomic mass is 16.5. The number of nitrogens with zero attached hydrogens (tertiary/aromatic N) is 2.